The fraction of sp³-hybridized carbons (Fsp3) is 0.333. The van der Waals surface area contributed by atoms with Gasteiger partial charge in [-0.25, -0.2) is 0 Å². The number of rotatable bonds is 6. The molecule has 4 nitrogen and oxygen atoms in total. The number of benzene rings is 1. The highest BCUT2D eigenvalue weighted by Gasteiger charge is 1.96. The van der Waals surface area contributed by atoms with Gasteiger partial charge in [0.2, 0.25) is 0 Å². The summed E-state index contributed by atoms with van der Waals surface area (Å²) < 4.78 is 0. The maximum atomic E-state index is 8.12. The third kappa shape index (κ3) is 4.17. The van der Waals surface area contributed by atoms with Gasteiger partial charge in [0.1, 0.15) is 0 Å². The van der Waals surface area contributed by atoms with Gasteiger partial charge in [0.05, 0.1) is 0 Å². The number of azide groups is 1. The van der Waals surface area contributed by atoms with E-state index >= 15 is 0 Å². The Kier molecular flexibility index (Phi) is 5.78. The molecule has 0 aliphatic heterocycles. The molecule has 4 heteroatoms. The van der Waals surface area contributed by atoms with Gasteiger partial charge < -0.3 is 5.73 Å². The van der Waals surface area contributed by atoms with E-state index in [1.165, 1.54) is 11.1 Å². The van der Waals surface area contributed by atoms with Crippen molar-refractivity contribution in [1.29, 1.82) is 0 Å². The van der Waals surface area contributed by atoms with Crippen LogP contribution in [-0.2, 0) is 6.42 Å². The maximum Gasteiger partial charge on any atom is 0.0292 e. The highest BCUT2D eigenvalue weighted by molar-refractivity contribution is 5.53. The zero-order chi connectivity index (χ0) is 11.6. The van der Waals surface area contributed by atoms with Crippen LogP contribution < -0.4 is 5.73 Å². The SMILES string of the molecule is [N-]=[N+]=NCCC=Cc1ccccc1CCN. The van der Waals surface area contributed by atoms with Gasteiger partial charge in [-0.1, -0.05) is 41.5 Å². The molecule has 0 unspecified atom stereocenters. The summed E-state index contributed by atoms with van der Waals surface area (Å²) in [6.45, 7) is 1.16. The third-order valence-corrected chi connectivity index (χ3v) is 2.23. The summed E-state index contributed by atoms with van der Waals surface area (Å²) in [5.74, 6) is 0. The molecule has 0 aromatic heterocycles. The van der Waals surface area contributed by atoms with Crippen molar-refractivity contribution in [3.05, 3.63) is 51.9 Å². The lowest BCUT2D eigenvalue weighted by molar-refractivity contribution is 0.965. The van der Waals surface area contributed by atoms with Crippen LogP contribution in [0, 0.1) is 0 Å². The van der Waals surface area contributed by atoms with E-state index in [0.717, 1.165) is 12.8 Å². The summed E-state index contributed by atoms with van der Waals surface area (Å²) in [5.41, 5.74) is 16.1. The van der Waals surface area contributed by atoms with Gasteiger partial charge in [0.15, 0.2) is 0 Å². The number of hydrogen-bond acceptors (Lipinski definition) is 2. The van der Waals surface area contributed by atoms with Crippen LogP contribution in [0.5, 0.6) is 0 Å². The Balaban J connectivity index is 2.60. The highest BCUT2D eigenvalue weighted by Crippen LogP contribution is 2.11. The minimum Gasteiger partial charge on any atom is -0.330 e. The molecule has 0 saturated carbocycles. The summed E-state index contributed by atoms with van der Waals surface area (Å²) >= 11 is 0. The minimum absolute atomic E-state index is 0.506. The van der Waals surface area contributed by atoms with Crippen molar-refractivity contribution in [1.82, 2.24) is 0 Å². The van der Waals surface area contributed by atoms with Gasteiger partial charge in [-0.05, 0) is 36.0 Å². The molecule has 84 valence electrons. The molecule has 1 aromatic carbocycles. The van der Waals surface area contributed by atoms with Crippen molar-refractivity contribution in [2.75, 3.05) is 13.1 Å². The highest BCUT2D eigenvalue weighted by atomic mass is 15.1. The lowest BCUT2D eigenvalue weighted by atomic mass is 10.0. The first kappa shape index (κ1) is 12.3. The summed E-state index contributed by atoms with van der Waals surface area (Å²) in [6, 6.07) is 8.17. The molecule has 0 bridgehead atoms. The van der Waals surface area contributed by atoms with E-state index in [9.17, 15) is 0 Å². The van der Waals surface area contributed by atoms with Crippen molar-refractivity contribution in [3.63, 3.8) is 0 Å². The van der Waals surface area contributed by atoms with Crippen molar-refractivity contribution in [2.24, 2.45) is 10.8 Å². The first-order valence-electron chi connectivity index (χ1n) is 5.34. The molecule has 0 heterocycles. The molecular formula is C12H16N4. The fourth-order valence-corrected chi connectivity index (χ4v) is 1.47. The summed E-state index contributed by atoms with van der Waals surface area (Å²) in [6.07, 6.45) is 5.72. The second-order valence-electron chi connectivity index (χ2n) is 3.38. The second-order valence-corrected chi connectivity index (χ2v) is 3.38. The van der Waals surface area contributed by atoms with Crippen LogP contribution in [-0.4, -0.2) is 13.1 Å². The minimum atomic E-state index is 0.506. The first-order chi connectivity index (χ1) is 7.88. The van der Waals surface area contributed by atoms with Crippen molar-refractivity contribution in [2.45, 2.75) is 12.8 Å². The predicted molar refractivity (Wildman–Crippen MR) is 66.9 cm³/mol. The zero-order valence-electron chi connectivity index (χ0n) is 9.21. The van der Waals surface area contributed by atoms with Crippen molar-refractivity contribution >= 4 is 6.08 Å². The quantitative estimate of drug-likeness (QED) is 0.337. The van der Waals surface area contributed by atoms with Gasteiger partial charge in [-0.15, -0.1) is 0 Å². The van der Waals surface area contributed by atoms with E-state index < -0.39 is 0 Å². The van der Waals surface area contributed by atoms with E-state index in [-0.39, 0.29) is 0 Å². The smallest absolute Gasteiger partial charge is 0.0292 e. The topological polar surface area (TPSA) is 74.8 Å². The lowest BCUT2D eigenvalue weighted by Gasteiger charge is -2.03. The summed E-state index contributed by atoms with van der Waals surface area (Å²) in [7, 11) is 0. The Morgan fingerprint density at radius 2 is 2.19 bits per heavy atom. The molecule has 16 heavy (non-hydrogen) atoms. The molecule has 0 atom stereocenters. The number of hydrogen-bond donors (Lipinski definition) is 1. The van der Waals surface area contributed by atoms with E-state index in [0.29, 0.717) is 13.1 Å². The molecule has 0 aliphatic rings. The molecular weight excluding hydrogens is 200 g/mol. The summed E-state index contributed by atoms with van der Waals surface area (Å²) in [5, 5.41) is 3.47. The van der Waals surface area contributed by atoms with E-state index in [4.69, 9.17) is 11.3 Å². The van der Waals surface area contributed by atoms with Crippen LogP contribution in [0.1, 0.15) is 17.5 Å². The standard InChI is InChI=1S/C12H16N4/c13-9-8-12-6-2-1-5-11(12)7-3-4-10-15-16-14/h1-3,5-7H,4,8-10,13H2. The second kappa shape index (κ2) is 7.51. The predicted octanol–water partition coefficient (Wildman–Crippen LogP) is 2.90. The molecule has 1 aromatic rings. The zero-order valence-corrected chi connectivity index (χ0v) is 9.21. The van der Waals surface area contributed by atoms with E-state index in [1.54, 1.807) is 0 Å². The monoisotopic (exact) mass is 216 g/mol. The number of nitrogens with two attached hydrogens (primary N) is 1. The van der Waals surface area contributed by atoms with Crippen LogP contribution in [0.3, 0.4) is 0 Å². The Morgan fingerprint density at radius 1 is 1.38 bits per heavy atom. The Morgan fingerprint density at radius 3 is 2.94 bits per heavy atom. The van der Waals surface area contributed by atoms with Gasteiger partial charge >= 0.3 is 0 Å². The number of nitrogens with zero attached hydrogens (tertiary/aromatic N) is 3. The Hall–Kier alpha value is -1.77. The van der Waals surface area contributed by atoms with Crippen LogP contribution >= 0.6 is 0 Å². The van der Waals surface area contributed by atoms with Crippen LogP contribution in [0.4, 0.5) is 0 Å². The van der Waals surface area contributed by atoms with E-state index in [1.807, 2.05) is 18.2 Å². The Bertz CT molecular complexity index is 392. The lowest BCUT2D eigenvalue weighted by Crippen LogP contribution is -2.03. The first-order valence-corrected chi connectivity index (χ1v) is 5.34. The van der Waals surface area contributed by atoms with Crippen LogP contribution in [0.15, 0.2) is 35.5 Å². The normalized spacial score (nSPS) is 10.3. The van der Waals surface area contributed by atoms with E-state index in [2.05, 4.69) is 28.2 Å². The largest absolute Gasteiger partial charge is 0.330 e. The molecule has 0 saturated heterocycles. The fourth-order valence-electron chi connectivity index (χ4n) is 1.47. The molecule has 1 rings (SSSR count). The van der Waals surface area contributed by atoms with Gasteiger partial charge in [0.25, 0.3) is 0 Å². The third-order valence-electron chi connectivity index (χ3n) is 2.23. The van der Waals surface area contributed by atoms with Crippen molar-refractivity contribution < 1.29 is 0 Å². The van der Waals surface area contributed by atoms with Crippen LogP contribution in [0.25, 0.3) is 16.5 Å². The van der Waals surface area contributed by atoms with Crippen molar-refractivity contribution in [3.8, 4) is 0 Å². The van der Waals surface area contributed by atoms with Crippen LogP contribution in [0.2, 0.25) is 0 Å². The molecule has 0 aliphatic carbocycles. The van der Waals surface area contributed by atoms with Gasteiger partial charge in [0, 0.05) is 11.5 Å². The molecule has 0 radical (unpaired) electrons. The Labute approximate surface area is 95.4 Å². The maximum absolute atomic E-state index is 8.12. The average molecular weight is 216 g/mol. The summed E-state index contributed by atoms with van der Waals surface area (Å²) in [4.78, 5) is 2.70. The molecule has 0 amide bonds. The molecule has 2 N–H and O–H groups in total. The van der Waals surface area contributed by atoms with Gasteiger partial charge in [-0.2, -0.15) is 0 Å². The van der Waals surface area contributed by atoms with Gasteiger partial charge in [-0.3, -0.25) is 0 Å². The molecule has 0 spiro atoms. The molecule has 0 fully saturated rings. The average Bonchev–Trinajstić information content (AvgIpc) is 2.31.